The molecule has 0 heterocycles. The van der Waals surface area contributed by atoms with E-state index >= 15 is 0 Å². The molecule has 0 saturated heterocycles. The number of ether oxygens (including phenoxy) is 2. The van der Waals surface area contributed by atoms with Crippen molar-refractivity contribution in [3.05, 3.63) is 27.2 Å². The highest BCUT2D eigenvalue weighted by Gasteiger charge is 2.32. The van der Waals surface area contributed by atoms with Crippen LogP contribution >= 0.6 is 69.6 Å². The van der Waals surface area contributed by atoms with Gasteiger partial charge in [0.25, 0.3) is 3.79 Å². The van der Waals surface area contributed by atoms with Crippen LogP contribution in [-0.4, -0.2) is 23.0 Å². The number of alkyl halides is 3. The van der Waals surface area contributed by atoms with Crippen LogP contribution in [0.15, 0.2) is 12.1 Å². The van der Waals surface area contributed by atoms with Gasteiger partial charge in [-0.15, -0.1) is 0 Å². The van der Waals surface area contributed by atoms with Crippen LogP contribution in [0.3, 0.4) is 0 Å². The van der Waals surface area contributed by atoms with Crippen LogP contribution in [0.25, 0.3) is 0 Å². The number of benzene rings is 1. The van der Waals surface area contributed by atoms with Gasteiger partial charge in [0.05, 0.1) is 15.1 Å². The van der Waals surface area contributed by atoms with Gasteiger partial charge >= 0.3 is 5.97 Å². The topological polar surface area (TPSA) is 35.5 Å². The fourth-order valence-corrected chi connectivity index (χ4v) is 1.74. The van der Waals surface area contributed by atoms with Crippen molar-refractivity contribution in [2.75, 3.05) is 13.2 Å². The first kappa shape index (κ1) is 17.3. The molecule has 0 N–H and O–H groups in total. The lowest BCUT2D eigenvalue weighted by atomic mass is 10.3. The second-order valence-corrected chi connectivity index (χ2v) is 6.68. The zero-order valence-corrected chi connectivity index (χ0v) is 13.6. The van der Waals surface area contributed by atoms with Crippen LogP contribution in [0.5, 0.6) is 5.75 Å². The van der Waals surface area contributed by atoms with Gasteiger partial charge in [-0.2, -0.15) is 0 Å². The highest BCUT2D eigenvalue weighted by Crippen LogP contribution is 2.33. The Kier molecular flexibility index (Phi) is 6.64. The highest BCUT2D eigenvalue weighted by atomic mass is 35.6. The molecule has 3 nitrogen and oxygen atoms in total. The lowest BCUT2D eigenvalue weighted by Gasteiger charge is -2.12. The minimum atomic E-state index is -2.11. The quantitative estimate of drug-likeness (QED) is 0.318. The number of hydrogen-bond acceptors (Lipinski definition) is 3. The average Bonchev–Trinajstić information content (AvgIpc) is 2.29. The second-order valence-electron chi connectivity index (χ2n) is 3.18. The molecular weight excluding hydrogens is 381 g/mol. The van der Waals surface area contributed by atoms with Gasteiger partial charge in [-0.05, 0) is 6.07 Å². The Morgan fingerprint density at radius 2 is 1.58 bits per heavy atom. The molecule has 0 bridgehead atoms. The van der Waals surface area contributed by atoms with E-state index in [1.54, 1.807) is 0 Å². The molecular formula is C10H6Cl6O3. The molecule has 0 saturated carbocycles. The maximum Gasteiger partial charge on any atom is 0.358 e. The normalized spacial score (nSPS) is 11.3. The van der Waals surface area contributed by atoms with E-state index in [9.17, 15) is 4.79 Å². The molecule has 1 rings (SSSR count). The van der Waals surface area contributed by atoms with E-state index in [-0.39, 0.29) is 18.2 Å². The number of carbonyl (C=O) groups is 1. The van der Waals surface area contributed by atoms with Gasteiger partial charge in [0.15, 0.2) is 0 Å². The molecule has 0 spiro atoms. The first-order valence-electron chi connectivity index (χ1n) is 4.73. The summed E-state index contributed by atoms with van der Waals surface area (Å²) in [6.07, 6.45) is 0. The minimum absolute atomic E-state index is 0.0180. The summed E-state index contributed by atoms with van der Waals surface area (Å²) in [5.74, 6) is -0.678. The van der Waals surface area contributed by atoms with Crippen molar-refractivity contribution < 1.29 is 14.3 Å². The number of hydrogen-bond donors (Lipinski definition) is 0. The average molecular weight is 387 g/mol. The molecule has 1 aromatic carbocycles. The van der Waals surface area contributed by atoms with E-state index in [0.717, 1.165) is 0 Å². The molecule has 0 amide bonds. The van der Waals surface area contributed by atoms with Gasteiger partial charge in [0, 0.05) is 6.07 Å². The Balaban J connectivity index is 2.46. The summed E-state index contributed by atoms with van der Waals surface area (Å²) in [7, 11) is 0. The van der Waals surface area contributed by atoms with Crippen molar-refractivity contribution in [1.82, 2.24) is 0 Å². The third-order valence-electron chi connectivity index (χ3n) is 1.78. The molecule has 19 heavy (non-hydrogen) atoms. The fourth-order valence-electron chi connectivity index (χ4n) is 0.983. The van der Waals surface area contributed by atoms with Crippen LogP contribution in [-0.2, 0) is 9.53 Å². The highest BCUT2D eigenvalue weighted by molar-refractivity contribution is 6.75. The molecule has 106 valence electrons. The standard InChI is InChI=1S/C10H6Cl6O3/c11-5-3-7(13)8(4-6(5)12)18-1-2-19-9(17)10(14,15)16/h3-4H,1-2H2. The molecule has 0 radical (unpaired) electrons. The van der Waals surface area contributed by atoms with Gasteiger partial charge in [-0.1, -0.05) is 69.6 Å². The molecule has 0 aromatic heterocycles. The van der Waals surface area contributed by atoms with Crippen LogP contribution in [0.2, 0.25) is 15.1 Å². The van der Waals surface area contributed by atoms with Gasteiger partial charge in [0.2, 0.25) is 0 Å². The SMILES string of the molecule is O=C(OCCOc1cc(Cl)c(Cl)cc1Cl)C(Cl)(Cl)Cl. The van der Waals surface area contributed by atoms with Crippen molar-refractivity contribution in [2.24, 2.45) is 0 Å². The lowest BCUT2D eigenvalue weighted by molar-refractivity contribution is -0.143. The van der Waals surface area contributed by atoms with E-state index in [1.807, 2.05) is 0 Å². The molecule has 0 unspecified atom stereocenters. The van der Waals surface area contributed by atoms with Gasteiger partial charge in [-0.3, -0.25) is 0 Å². The molecule has 9 heteroatoms. The Morgan fingerprint density at radius 3 is 2.16 bits per heavy atom. The van der Waals surface area contributed by atoms with Crippen molar-refractivity contribution in [2.45, 2.75) is 3.79 Å². The minimum Gasteiger partial charge on any atom is -0.488 e. The first-order chi connectivity index (χ1) is 8.71. The maximum absolute atomic E-state index is 11.1. The summed E-state index contributed by atoms with van der Waals surface area (Å²) < 4.78 is 7.80. The summed E-state index contributed by atoms with van der Waals surface area (Å²) >= 11 is 33.3. The third kappa shape index (κ3) is 5.62. The summed E-state index contributed by atoms with van der Waals surface area (Å²) in [6.45, 7) is -0.0898. The van der Waals surface area contributed by atoms with Gasteiger partial charge < -0.3 is 9.47 Å². The van der Waals surface area contributed by atoms with Crippen LogP contribution in [0, 0.1) is 0 Å². The van der Waals surface area contributed by atoms with Crippen molar-refractivity contribution >= 4 is 75.6 Å². The predicted molar refractivity (Wildman–Crippen MR) is 78.2 cm³/mol. The Hall–Kier alpha value is 0.230. The fraction of sp³-hybridized carbons (Fsp3) is 0.300. The zero-order chi connectivity index (χ0) is 14.6. The maximum atomic E-state index is 11.1. The molecule has 0 aliphatic heterocycles. The van der Waals surface area contributed by atoms with Crippen LogP contribution in [0.4, 0.5) is 0 Å². The lowest BCUT2D eigenvalue weighted by Crippen LogP contribution is -2.24. The van der Waals surface area contributed by atoms with E-state index < -0.39 is 9.76 Å². The summed E-state index contributed by atoms with van der Waals surface area (Å²) in [5, 5.41) is 0.878. The van der Waals surface area contributed by atoms with E-state index in [0.29, 0.717) is 15.8 Å². The third-order valence-corrected chi connectivity index (χ3v) is 3.26. The number of carbonyl (C=O) groups excluding carboxylic acids is 1. The van der Waals surface area contributed by atoms with Crippen molar-refractivity contribution in [3.63, 3.8) is 0 Å². The number of rotatable bonds is 4. The van der Waals surface area contributed by atoms with Crippen LogP contribution in [0.1, 0.15) is 0 Å². The summed E-state index contributed by atoms with van der Waals surface area (Å²) in [5.41, 5.74) is 0. The second kappa shape index (κ2) is 7.30. The smallest absolute Gasteiger partial charge is 0.358 e. The van der Waals surface area contributed by atoms with E-state index in [2.05, 4.69) is 4.74 Å². The summed E-state index contributed by atoms with van der Waals surface area (Å²) in [4.78, 5) is 11.1. The Labute approximate surface area is 139 Å². The van der Waals surface area contributed by atoms with E-state index in [1.165, 1.54) is 12.1 Å². The Morgan fingerprint density at radius 1 is 1.00 bits per heavy atom. The van der Waals surface area contributed by atoms with Gasteiger partial charge in [0.1, 0.15) is 19.0 Å². The van der Waals surface area contributed by atoms with E-state index in [4.69, 9.17) is 74.3 Å². The number of esters is 1. The van der Waals surface area contributed by atoms with Crippen molar-refractivity contribution in [3.8, 4) is 5.75 Å². The van der Waals surface area contributed by atoms with Crippen molar-refractivity contribution in [1.29, 1.82) is 0 Å². The zero-order valence-electron chi connectivity index (χ0n) is 9.06. The monoisotopic (exact) mass is 384 g/mol. The molecule has 1 aromatic rings. The molecule has 0 fully saturated rings. The first-order valence-corrected chi connectivity index (χ1v) is 7.00. The summed E-state index contributed by atoms with van der Waals surface area (Å²) in [6, 6.07) is 2.89. The largest absolute Gasteiger partial charge is 0.488 e. The predicted octanol–water partition coefficient (Wildman–Crippen LogP) is 4.94. The van der Waals surface area contributed by atoms with Gasteiger partial charge in [-0.25, -0.2) is 4.79 Å². The van der Waals surface area contributed by atoms with Crippen LogP contribution < -0.4 is 4.74 Å². The Bertz CT molecular complexity index is 471. The molecule has 0 aliphatic rings. The number of halogens is 6. The molecule has 0 atom stereocenters. The molecule has 0 aliphatic carbocycles.